The van der Waals surface area contributed by atoms with E-state index in [0.717, 1.165) is 17.7 Å². The van der Waals surface area contributed by atoms with Gasteiger partial charge in [0.25, 0.3) is 0 Å². The molecule has 4 heteroatoms. The maximum absolute atomic E-state index is 11.2. The van der Waals surface area contributed by atoms with E-state index in [4.69, 9.17) is 9.47 Å². The number of aliphatic carboxylic acids is 1. The summed E-state index contributed by atoms with van der Waals surface area (Å²) in [6, 6.07) is 7.53. The molecule has 1 atom stereocenters. The van der Waals surface area contributed by atoms with Crippen LogP contribution in [0.4, 0.5) is 0 Å². The number of ether oxygens (including phenoxy) is 2. The van der Waals surface area contributed by atoms with E-state index < -0.39 is 11.9 Å². The van der Waals surface area contributed by atoms with Crippen LogP contribution in [-0.2, 0) is 16.0 Å². The highest BCUT2D eigenvalue weighted by Crippen LogP contribution is 2.23. The van der Waals surface area contributed by atoms with Crippen LogP contribution < -0.4 is 4.74 Å². The Balaban J connectivity index is 2.67. The van der Waals surface area contributed by atoms with Gasteiger partial charge in [-0.1, -0.05) is 18.2 Å². The van der Waals surface area contributed by atoms with Gasteiger partial charge in [0.2, 0.25) is 0 Å². The van der Waals surface area contributed by atoms with E-state index >= 15 is 0 Å². The summed E-state index contributed by atoms with van der Waals surface area (Å²) >= 11 is 0. The molecule has 0 saturated carbocycles. The Hall–Kier alpha value is -1.55. The second kappa shape index (κ2) is 7.71. The molecule has 0 aromatic heterocycles. The van der Waals surface area contributed by atoms with E-state index in [1.54, 1.807) is 14.2 Å². The molecule has 1 rings (SSSR count). The number of carboxylic acids is 1. The predicted octanol–water partition coefficient (Wildman–Crippen LogP) is 2.37. The number of methoxy groups -OCH3 is 2. The molecule has 0 radical (unpaired) electrons. The summed E-state index contributed by atoms with van der Waals surface area (Å²) in [5.74, 6) is -0.413. The van der Waals surface area contributed by atoms with Gasteiger partial charge in [-0.05, 0) is 30.9 Å². The minimum atomic E-state index is -0.767. The molecule has 100 valence electrons. The Morgan fingerprint density at radius 1 is 1.33 bits per heavy atom. The monoisotopic (exact) mass is 252 g/mol. The van der Waals surface area contributed by atoms with Gasteiger partial charge in [0.15, 0.2) is 0 Å². The summed E-state index contributed by atoms with van der Waals surface area (Å²) in [4.78, 5) is 11.2. The van der Waals surface area contributed by atoms with Gasteiger partial charge >= 0.3 is 5.97 Å². The fourth-order valence-electron chi connectivity index (χ4n) is 1.92. The molecule has 0 spiro atoms. The van der Waals surface area contributed by atoms with Gasteiger partial charge in [-0.25, -0.2) is 0 Å². The van der Waals surface area contributed by atoms with Gasteiger partial charge in [-0.2, -0.15) is 0 Å². The first-order chi connectivity index (χ1) is 8.69. The van der Waals surface area contributed by atoms with E-state index in [0.29, 0.717) is 19.4 Å². The van der Waals surface area contributed by atoms with Gasteiger partial charge in [-0.3, -0.25) is 4.79 Å². The summed E-state index contributed by atoms with van der Waals surface area (Å²) in [5, 5.41) is 9.22. The highest BCUT2D eigenvalue weighted by Gasteiger charge is 2.19. The van der Waals surface area contributed by atoms with Crippen LogP contribution in [0.5, 0.6) is 5.75 Å². The van der Waals surface area contributed by atoms with Crippen LogP contribution in [0.15, 0.2) is 24.3 Å². The van der Waals surface area contributed by atoms with Crippen molar-refractivity contribution < 1.29 is 19.4 Å². The highest BCUT2D eigenvalue weighted by atomic mass is 16.5. The van der Waals surface area contributed by atoms with Crippen LogP contribution in [-0.4, -0.2) is 31.9 Å². The first kappa shape index (κ1) is 14.5. The highest BCUT2D eigenvalue weighted by molar-refractivity contribution is 5.70. The van der Waals surface area contributed by atoms with Crippen molar-refractivity contribution in [1.82, 2.24) is 0 Å². The summed E-state index contributed by atoms with van der Waals surface area (Å²) in [6.07, 6.45) is 1.85. The van der Waals surface area contributed by atoms with Crippen molar-refractivity contribution in [2.24, 2.45) is 5.92 Å². The standard InChI is InChI=1S/C14H20O4/c1-17-9-5-7-12(14(15)16)10-11-6-3-4-8-13(11)18-2/h3-4,6,8,12H,5,7,9-10H2,1-2H3,(H,15,16). The Morgan fingerprint density at radius 3 is 2.67 bits per heavy atom. The lowest BCUT2D eigenvalue weighted by Crippen LogP contribution is -2.17. The zero-order chi connectivity index (χ0) is 13.4. The van der Waals surface area contributed by atoms with Crippen LogP contribution in [0, 0.1) is 5.92 Å². The van der Waals surface area contributed by atoms with Gasteiger partial charge < -0.3 is 14.6 Å². The smallest absolute Gasteiger partial charge is 0.306 e. The fraction of sp³-hybridized carbons (Fsp3) is 0.500. The van der Waals surface area contributed by atoms with Gasteiger partial charge in [-0.15, -0.1) is 0 Å². The maximum atomic E-state index is 11.2. The average molecular weight is 252 g/mol. The lowest BCUT2D eigenvalue weighted by Gasteiger charge is -2.14. The largest absolute Gasteiger partial charge is 0.496 e. The molecule has 1 N–H and O–H groups in total. The number of hydrogen-bond acceptors (Lipinski definition) is 3. The molecule has 0 fully saturated rings. The van der Waals surface area contributed by atoms with E-state index in [9.17, 15) is 9.90 Å². The lowest BCUT2D eigenvalue weighted by atomic mass is 9.94. The molecule has 0 aliphatic carbocycles. The fourth-order valence-corrected chi connectivity index (χ4v) is 1.92. The molecule has 1 unspecified atom stereocenters. The Kier molecular flexibility index (Phi) is 6.22. The number of para-hydroxylation sites is 1. The molecule has 0 amide bonds. The molecule has 1 aromatic carbocycles. The van der Waals surface area contributed by atoms with Crippen LogP contribution in [0.3, 0.4) is 0 Å². The second-order valence-corrected chi connectivity index (χ2v) is 4.19. The van der Waals surface area contributed by atoms with Crippen molar-refractivity contribution in [3.05, 3.63) is 29.8 Å². The predicted molar refractivity (Wildman–Crippen MR) is 68.9 cm³/mol. The van der Waals surface area contributed by atoms with Crippen LogP contribution >= 0.6 is 0 Å². The number of carbonyl (C=O) groups is 1. The normalized spacial score (nSPS) is 12.1. The minimum absolute atomic E-state index is 0.392. The van der Waals surface area contributed by atoms with Crippen LogP contribution in [0.25, 0.3) is 0 Å². The van der Waals surface area contributed by atoms with Crippen molar-refractivity contribution in [2.45, 2.75) is 19.3 Å². The summed E-state index contributed by atoms with van der Waals surface area (Å²) < 4.78 is 10.2. The number of carboxylic acid groups (broad SMARTS) is 1. The topological polar surface area (TPSA) is 55.8 Å². The number of hydrogen-bond donors (Lipinski definition) is 1. The van der Waals surface area contributed by atoms with E-state index in [1.807, 2.05) is 24.3 Å². The Morgan fingerprint density at radius 2 is 2.06 bits per heavy atom. The molecule has 18 heavy (non-hydrogen) atoms. The molecule has 0 aliphatic heterocycles. The Labute approximate surface area is 108 Å². The van der Waals surface area contributed by atoms with Crippen molar-refractivity contribution >= 4 is 5.97 Å². The third-order valence-corrected chi connectivity index (χ3v) is 2.91. The number of benzene rings is 1. The first-order valence-electron chi connectivity index (χ1n) is 6.02. The van der Waals surface area contributed by atoms with Gasteiger partial charge in [0, 0.05) is 13.7 Å². The maximum Gasteiger partial charge on any atom is 0.306 e. The molecule has 0 bridgehead atoms. The summed E-state index contributed by atoms with van der Waals surface area (Å²) in [7, 11) is 3.22. The van der Waals surface area contributed by atoms with Crippen molar-refractivity contribution in [3.63, 3.8) is 0 Å². The van der Waals surface area contributed by atoms with E-state index in [2.05, 4.69) is 0 Å². The van der Waals surface area contributed by atoms with Crippen LogP contribution in [0.1, 0.15) is 18.4 Å². The minimum Gasteiger partial charge on any atom is -0.496 e. The molecular weight excluding hydrogens is 232 g/mol. The Bertz CT molecular complexity index is 376. The van der Waals surface area contributed by atoms with Gasteiger partial charge in [0.05, 0.1) is 13.0 Å². The second-order valence-electron chi connectivity index (χ2n) is 4.19. The first-order valence-corrected chi connectivity index (χ1v) is 6.02. The van der Waals surface area contributed by atoms with Gasteiger partial charge in [0.1, 0.15) is 5.75 Å². The lowest BCUT2D eigenvalue weighted by molar-refractivity contribution is -0.142. The summed E-state index contributed by atoms with van der Waals surface area (Å²) in [5.41, 5.74) is 0.935. The van der Waals surface area contributed by atoms with E-state index in [-0.39, 0.29) is 0 Å². The molecule has 0 heterocycles. The average Bonchev–Trinajstić information content (AvgIpc) is 2.38. The third-order valence-electron chi connectivity index (χ3n) is 2.91. The molecule has 4 nitrogen and oxygen atoms in total. The SMILES string of the molecule is COCCCC(Cc1ccccc1OC)C(=O)O. The molecule has 1 aromatic rings. The molecule has 0 saturated heterocycles. The van der Waals surface area contributed by atoms with E-state index in [1.165, 1.54) is 0 Å². The van der Waals surface area contributed by atoms with Crippen molar-refractivity contribution in [1.29, 1.82) is 0 Å². The zero-order valence-electron chi connectivity index (χ0n) is 10.9. The third kappa shape index (κ3) is 4.37. The zero-order valence-corrected chi connectivity index (χ0v) is 10.9. The number of rotatable bonds is 8. The molecule has 0 aliphatic rings. The summed E-state index contributed by atoms with van der Waals surface area (Å²) in [6.45, 7) is 0.593. The molecular formula is C14H20O4. The van der Waals surface area contributed by atoms with Crippen LogP contribution in [0.2, 0.25) is 0 Å². The quantitative estimate of drug-likeness (QED) is 0.722. The van der Waals surface area contributed by atoms with Crippen molar-refractivity contribution in [3.8, 4) is 5.75 Å². The van der Waals surface area contributed by atoms with Crippen molar-refractivity contribution in [2.75, 3.05) is 20.8 Å².